The molecule has 2 amide bonds. The van der Waals surface area contributed by atoms with Gasteiger partial charge in [-0.05, 0) is 43.4 Å². The molecule has 7 nitrogen and oxygen atoms in total. The van der Waals surface area contributed by atoms with Crippen LogP contribution in [0.3, 0.4) is 0 Å². The third-order valence-corrected chi connectivity index (χ3v) is 6.42. The lowest BCUT2D eigenvalue weighted by Gasteiger charge is -2.16. The van der Waals surface area contributed by atoms with E-state index in [1.54, 1.807) is 48.5 Å². The van der Waals surface area contributed by atoms with Crippen LogP contribution in [0.25, 0.3) is 17.0 Å². The van der Waals surface area contributed by atoms with Crippen LogP contribution >= 0.6 is 12.2 Å². The van der Waals surface area contributed by atoms with E-state index >= 15 is 0 Å². The highest BCUT2D eigenvalue weighted by molar-refractivity contribution is 7.90. The van der Waals surface area contributed by atoms with Crippen molar-refractivity contribution >= 4 is 56.1 Å². The Balaban J connectivity index is 1.90. The van der Waals surface area contributed by atoms with Gasteiger partial charge in [-0.1, -0.05) is 35.9 Å². The van der Waals surface area contributed by atoms with E-state index in [4.69, 9.17) is 12.2 Å². The normalized spacial score (nSPS) is 14.7. The van der Waals surface area contributed by atoms with Crippen LogP contribution in [0.4, 0.5) is 0 Å². The highest BCUT2D eigenvalue weighted by Crippen LogP contribution is 2.28. The molecule has 1 aliphatic rings. The molecular formula is C20H15N3O4S2. The molecule has 1 saturated heterocycles. The van der Waals surface area contributed by atoms with E-state index in [0.717, 1.165) is 9.54 Å². The number of rotatable bonds is 3. The summed E-state index contributed by atoms with van der Waals surface area (Å²) in [6.45, 7) is 1.87. The molecule has 2 N–H and O–H groups in total. The van der Waals surface area contributed by atoms with Gasteiger partial charge in [0.15, 0.2) is 5.11 Å². The summed E-state index contributed by atoms with van der Waals surface area (Å²) in [6, 6.07) is 13.4. The van der Waals surface area contributed by atoms with Gasteiger partial charge in [0.2, 0.25) is 0 Å². The van der Waals surface area contributed by atoms with Crippen molar-refractivity contribution in [2.24, 2.45) is 0 Å². The van der Waals surface area contributed by atoms with Crippen LogP contribution < -0.4 is 10.6 Å². The monoisotopic (exact) mass is 425 g/mol. The van der Waals surface area contributed by atoms with Crippen LogP contribution in [0.5, 0.6) is 0 Å². The Labute approximate surface area is 172 Å². The zero-order chi connectivity index (χ0) is 20.8. The first-order valence-electron chi connectivity index (χ1n) is 8.58. The number of carbonyl (C=O) groups is 2. The average molecular weight is 425 g/mol. The maximum absolute atomic E-state index is 13.2. The molecule has 146 valence electrons. The minimum Gasteiger partial charge on any atom is -0.299 e. The van der Waals surface area contributed by atoms with Gasteiger partial charge in [-0.2, -0.15) is 0 Å². The van der Waals surface area contributed by atoms with E-state index in [-0.39, 0.29) is 15.6 Å². The number of hydrogen-bond donors (Lipinski definition) is 2. The predicted octanol–water partition coefficient (Wildman–Crippen LogP) is 2.10. The summed E-state index contributed by atoms with van der Waals surface area (Å²) in [5, 5.41) is 5.25. The number of amides is 2. The first-order chi connectivity index (χ1) is 13.8. The minimum atomic E-state index is -3.87. The van der Waals surface area contributed by atoms with Crippen LogP contribution in [0.15, 0.2) is 65.2 Å². The molecule has 3 aromatic rings. The number of para-hydroxylation sites is 1. The maximum atomic E-state index is 13.2. The fraction of sp³-hybridized carbons (Fsp3) is 0.0500. The van der Waals surface area contributed by atoms with Crippen molar-refractivity contribution in [1.82, 2.24) is 14.6 Å². The number of carbonyl (C=O) groups excluding carboxylic acids is 2. The summed E-state index contributed by atoms with van der Waals surface area (Å²) in [7, 11) is -3.87. The lowest BCUT2D eigenvalue weighted by Crippen LogP contribution is -2.51. The van der Waals surface area contributed by atoms with E-state index in [2.05, 4.69) is 10.6 Å². The van der Waals surface area contributed by atoms with E-state index < -0.39 is 21.8 Å². The van der Waals surface area contributed by atoms with Crippen molar-refractivity contribution in [3.63, 3.8) is 0 Å². The van der Waals surface area contributed by atoms with E-state index in [9.17, 15) is 18.0 Å². The number of fused-ring (bicyclic) bond motifs is 1. The molecule has 0 bridgehead atoms. The van der Waals surface area contributed by atoms with E-state index in [1.807, 2.05) is 6.92 Å². The number of nitrogens with zero attached hydrogens (tertiary/aromatic N) is 1. The zero-order valence-electron chi connectivity index (χ0n) is 15.2. The van der Waals surface area contributed by atoms with Crippen molar-refractivity contribution in [3.8, 4) is 0 Å². The third-order valence-electron chi connectivity index (χ3n) is 4.53. The molecule has 9 heteroatoms. The Hall–Kier alpha value is -3.30. The summed E-state index contributed by atoms with van der Waals surface area (Å²) in [4.78, 5) is 24.5. The molecule has 0 unspecified atom stereocenters. The topological polar surface area (TPSA) is 97.3 Å². The van der Waals surface area contributed by atoms with Crippen molar-refractivity contribution in [2.75, 3.05) is 0 Å². The molecule has 4 rings (SSSR count). The second kappa shape index (κ2) is 6.94. The van der Waals surface area contributed by atoms with Crippen LogP contribution in [0.1, 0.15) is 11.1 Å². The molecule has 0 spiro atoms. The van der Waals surface area contributed by atoms with Crippen molar-refractivity contribution in [3.05, 3.63) is 71.4 Å². The minimum absolute atomic E-state index is 0.0680. The standard InChI is InChI=1S/C20H15N3O4S2/c1-12-6-8-14(9-7-12)29(26,27)23-11-13(15-4-2-3-5-17(15)23)10-16-18(24)21-20(28)22-19(16)25/h2-11H,1H3,(H2,21,22,24,25,28). The maximum Gasteiger partial charge on any atom is 0.268 e. The first kappa shape index (κ1) is 19.0. The Morgan fingerprint density at radius 2 is 1.59 bits per heavy atom. The molecule has 1 aliphatic heterocycles. The van der Waals surface area contributed by atoms with Gasteiger partial charge >= 0.3 is 0 Å². The van der Waals surface area contributed by atoms with Crippen LogP contribution in [0, 0.1) is 6.92 Å². The third kappa shape index (κ3) is 3.34. The molecule has 0 radical (unpaired) electrons. The lowest BCUT2D eigenvalue weighted by atomic mass is 10.1. The number of hydrogen-bond acceptors (Lipinski definition) is 5. The first-order valence-corrected chi connectivity index (χ1v) is 10.4. The van der Waals surface area contributed by atoms with Gasteiger partial charge in [-0.3, -0.25) is 20.2 Å². The molecule has 2 heterocycles. The second-order valence-corrected chi connectivity index (χ2v) is 8.73. The van der Waals surface area contributed by atoms with Crippen LogP contribution in [-0.4, -0.2) is 29.3 Å². The predicted molar refractivity (Wildman–Crippen MR) is 113 cm³/mol. The zero-order valence-corrected chi connectivity index (χ0v) is 16.8. The number of nitrogens with one attached hydrogen (secondary N) is 2. The molecule has 0 atom stereocenters. The Morgan fingerprint density at radius 3 is 2.24 bits per heavy atom. The molecule has 2 aromatic carbocycles. The summed E-state index contributed by atoms with van der Waals surface area (Å²) in [5.74, 6) is -1.28. The summed E-state index contributed by atoms with van der Waals surface area (Å²) in [5.41, 5.74) is 1.64. The quantitative estimate of drug-likeness (QED) is 0.381. The van der Waals surface area contributed by atoms with Gasteiger partial charge < -0.3 is 0 Å². The highest BCUT2D eigenvalue weighted by Gasteiger charge is 2.27. The fourth-order valence-electron chi connectivity index (χ4n) is 3.07. The Kier molecular flexibility index (Phi) is 4.56. The second-order valence-electron chi connectivity index (χ2n) is 6.51. The van der Waals surface area contributed by atoms with Crippen LogP contribution in [-0.2, 0) is 19.6 Å². The fourth-order valence-corrected chi connectivity index (χ4v) is 4.64. The summed E-state index contributed by atoms with van der Waals surface area (Å²) >= 11 is 4.80. The molecule has 1 aromatic heterocycles. The molecule has 1 fully saturated rings. The van der Waals surface area contributed by atoms with Crippen molar-refractivity contribution in [1.29, 1.82) is 0 Å². The Morgan fingerprint density at radius 1 is 0.966 bits per heavy atom. The van der Waals surface area contributed by atoms with Crippen molar-refractivity contribution < 1.29 is 18.0 Å². The molecule has 0 saturated carbocycles. The smallest absolute Gasteiger partial charge is 0.268 e. The van der Waals surface area contributed by atoms with Gasteiger partial charge in [0.05, 0.1) is 10.4 Å². The van der Waals surface area contributed by atoms with Gasteiger partial charge in [0, 0.05) is 17.1 Å². The summed E-state index contributed by atoms with van der Waals surface area (Å²) < 4.78 is 27.6. The number of aryl methyl sites for hydroxylation is 1. The SMILES string of the molecule is Cc1ccc(S(=O)(=O)n2cc(C=C3C(=O)NC(=S)NC3=O)c3ccccc32)cc1. The molecule has 29 heavy (non-hydrogen) atoms. The lowest BCUT2D eigenvalue weighted by molar-refractivity contribution is -0.123. The van der Waals surface area contributed by atoms with Gasteiger partial charge in [-0.25, -0.2) is 12.4 Å². The van der Waals surface area contributed by atoms with Crippen LogP contribution in [0.2, 0.25) is 0 Å². The number of thiocarbonyl (C=S) groups is 1. The van der Waals surface area contributed by atoms with Gasteiger partial charge in [0.1, 0.15) is 5.57 Å². The van der Waals surface area contributed by atoms with Crippen molar-refractivity contribution in [2.45, 2.75) is 11.8 Å². The molecular weight excluding hydrogens is 410 g/mol. The van der Waals surface area contributed by atoms with E-state index in [1.165, 1.54) is 12.3 Å². The highest BCUT2D eigenvalue weighted by atomic mass is 32.2. The van der Waals surface area contributed by atoms with Gasteiger partial charge in [0.25, 0.3) is 21.8 Å². The van der Waals surface area contributed by atoms with E-state index in [0.29, 0.717) is 16.5 Å². The molecule has 0 aliphatic carbocycles. The summed E-state index contributed by atoms with van der Waals surface area (Å²) in [6.07, 6.45) is 2.76. The number of benzene rings is 2. The van der Waals surface area contributed by atoms with Gasteiger partial charge in [-0.15, -0.1) is 0 Å². The number of aromatic nitrogens is 1. The largest absolute Gasteiger partial charge is 0.299 e. The average Bonchev–Trinajstić information content (AvgIpc) is 3.04. The Bertz CT molecular complexity index is 1300.